The molecule has 1 fully saturated rings. The smallest absolute Gasteiger partial charge is 0.278 e. The Morgan fingerprint density at radius 1 is 1.22 bits per heavy atom. The van der Waals surface area contributed by atoms with E-state index in [4.69, 9.17) is 20.9 Å². The lowest BCUT2D eigenvalue weighted by Gasteiger charge is -2.23. The van der Waals surface area contributed by atoms with E-state index < -0.39 is 0 Å². The quantitative estimate of drug-likeness (QED) is 0.778. The Morgan fingerprint density at radius 3 is 2.93 bits per heavy atom. The molecule has 0 radical (unpaired) electrons. The van der Waals surface area contributed by atoms with E-state index in [0.717, 1.165) is 23.6 Å². The van der Waals surface area contributed by atoms with Crippen LogP contribution in [0.5, 0.6) is 0 Å². The van der Waals surface area contributed by atoms with Gasteiger partial charge in [-0.3, -0.25) is 4.79 Å². The first-order valence-electron chi connectivity index (χ1n) is 9.60. The minimum absolute atomic E-state index is 0.280. The Labute approximate surface area is 163 Å². The summed E-state index contributed by atoms with van der Waals surface area (Å²) in [6.07, 6.45) is 7.10. The first-order chi connectivity index (χ1) is 13.2. The number of benzene rings is 1. The Morgan fingerprint density at radius 2 is 2.07 bits per heavy atom. The number of anilines is 2. The highest BCUT2D eigenvalue weighted by Gasteiger charge is 2.25. The summed E-state index contributed by atoms with van der Waals surface area (Å²) in [5.41, 5.74) is 2.53. The van der Waals surface area contributed by atoms with Crippen molar-refractivity contribution in [2.24, 2.45) is 5.92 Å². The van der Waals surface area contributed by atoms with Gasteiger partial charge in [0.1, 0.15) is 5.76 Å². The minimum Gasteiger partial charge on any atom is -0.383 e. The van der Waals surface area contributed by atoms with Crippen LogP contribution in [0.3, 0.4) is 0 Å². The molecule has 27 heavy (non-hydrogen) atoms. The number of amides is 1. The van der Waals surface area contributed by atoms with Gasteiger partial charge in [-0.1, -0.05) is 36.0 Å². The first-order valence-corrected chi connectivity index (χ1v) is 9.98. The van der Waals surface area contributed by atoms with Crippen molar-refractivity contribution < 1.29 is 14.1 Å². The first kappa shape index (κ1) is 18.3. The van der Waals surface area contributed by atoms with Gasteiger partial charge in [-0.05, 0) is 37.0 Å². The van der Waals surface area contributed by atoms with E-state index in [1.54, 1.807) is 6.07 Å². The van der Waals surface area contributed by atoms with Gasteiger partial charge >= 0.3 is 0 Å². The van der Waals surface area contributed by atoms with Crippen molar-refractivity contribution in [3.8, 4) is 0 Å². The van der Waals surface area contributed by atoms with Gasteiger partial charge in [0.2, 0.25) is 0 Å². The van der Waals surface area contributed by atoms with Gasteiger partial charge in [0.25, 0.3) is 5.91 Å². The van der Waals surface area contributed by atoms with Crippen LogP contribution in [0.25, 0.3) is 0 Å². The fraction of sp³-hybridized carbons (Fsp3) is 0.500. The normalized spacial score (nSPS) is 17.4. The molecule has 7 heteroatoms. The summed E-state index contributed by atoms with van der Waals surface area (Å²) in [5, 5.41) is 10.9. The Hall–Kier alpha value is -2.05. The highest BCUT2D eigenvalue weighted by Crippen LogP contribution is 2.29. The maximum Gasteiger partial charge on any atom is 0.278 e. The van der Waals surface area contributed by atoms with Gasteiger partial charge in [-0.2, -0.15) is 0 Å². The number of nitrogens with one attached hydrogen (secondary N) is 2. The highest BCUT2D eigenvalue weighted by molar-refractivity contribution is 6.31. The van der Waals surface area contributed by atoms with E-state index in [2.05, 4.69) is 15.8 Å². The third-order valence-corrected chi connectivity index (χ3v) is 5.58. The molecule has 0 bridgehead atoms. The predicted octanol–water partition coefficient (Wildman–Crippen LogP) is 4.65. The van der Waals surface area contributed by atoms with Crippen LogP contribution in [-0.2, 0) is 17.8 Å². The zero-order chi connectivity index (χ0) is 18.6. The van der Waals surface area contributed by atoms with E-state index in [1.807, 2.05) is 12.1 Å². The average Bonchev–Trinajstić information content (AvgIpc) is 3.12. The van der Waals surface area contributed by atoms with Crippen molar-refractivity contribution in [1.29, 1.82) is 0 Å². The lowest BCUT2D eigenvalue weighted by molar-refractivity contribution is 0.0976. The van der Waals surface area contributed by atoms with E-state index in [1.165, 1.54) is 32.1 Å². The fourth-order valence-electron chi connectivity index (χ4n) is 3.81. The third kappa shape index (κ3) is 4.28. The molecule has 1 aliphatic carbocycles. The molecular weight excluding hydrogens is 366 g/mol. The molecule has 0 atom stereocenters. The largest absolute Gasteiger partial charge is 0.383 e. The van der Waals surface area contributed by atoms with E-state index in [-0.39, 0.29) is 11.6 Å². The van der Waals surface area contributed by atoms with E-state index in [0.29, 0.717) is 36.3 Å². The second-order valence-corrected chi connectivity index (χ2v) is 7.70. The van der Waals surface area contributed by atoms with Crippen LogP contribution in [0.2, 0.25) is 5.02 Å². The van der Waals surface area contributed by atoms with E-state index in [9.17, 15) is 4.79 Å². The van der Waals surface area contributed by atoms with Crippen molar-refractivity contribution >= 4 is 28.9 Å². The molecule has 2 heterocycles. The highest BCUT2D eigenvalue weighted by atomic mass is 35.5. The summed E-state index contributed by atoms with van der Waals surface area (Å²) in [6.45, 7) is 1.84. The number of carbonyl (C=O) groups excluding carboxylic acids is 1. The van der Waals surface area contributed by atoms with Gasteiger partial charge in [0, 0.05) is 18.0 Å². The summed E-state index contributed by atoms with van der Waals surface area (Å²) in [7, 11) is 0. The van der Waals surface area contributed by atoms with Gasteiger partial charge in [0.05, 0.1) is 30.2 Å². The molecule has 1 aromatic heterocycles. The number of halogens is 1. The van der Waals surface area contributed by atoms with Crippen LogP contribution >= 0.6 is 11.6 Å². The predicted molar refractivity (Wildman–Crippen MR) is 104 cm³/mol. The standard InChI is InChI=1S/C20H24ClN3O3/c21-14-6-7-16(22-11-13-4-2-1-3-5-13)17(10-14)23-20(25)19-15-12-26-9-8-18(15)27-24-19/h6-7,10,13,22H,1-5,8-9,11-12H2,(H,23,25). The molecule has 0 saturated heterocycles. The number of rotatable bonds is 5. The van der Waals surface area contributed by atoms with Crippen LogP contribution in [0.1, 0.15) is 53.9 Å². The molecule has 1 aliphatic heterocycles. The molecule has 2 aliphatic rings. The monoisotopic (exact) mass is 389 g/mol. The average molecular weight is 390 g/mol. The van der Waals surface area contributed by atoms with Crippen LogP contribution < -0.4 is 10.6 Å². The lowest BCUT2D eigenvalue weighted by Crippen LogP contribution is -2.20. The van der Waals surface area contributed by atoms with Gasteiger partial charge in [0.15, 0.2) is 5.69 Å². The SMILES string of the molecule is O=C(Nc1cc(Cl)ccc1NCC1CCCCC1)c1noc2c1COCC2. The molecule has 1 saturated carbocycles. The second-order valence-electron chi connectivity index (χ2n) is 7.26. The molecule has 2 aromatic rings. The molecule has 6 nitrogen and oxygen atoms in total. The number of ether oxygens (including phenoxy) is 1. The molecule has 144 valence electrons. The van der Waals surface area contributed by atoms with E-state index >= 15 is 0 Å². The molecule has 1 aromatic carbocycles. The van der Waals surface area contributed by atoms with Crippen molar-refractivity contribution in [1.82, 2.24) is 5.16 Å². The zero-order valence-corrected chi connectivity index (χ0v) is 16.0. The molecule has 0 spiro atoms. The van der Waals surface area contributed by atoms with Crippen molar-refractivity contribution in [3.05, 3.63) is 40.2 Å². The topological polar surface area (TPSA) is 76.4 Å². The maximum atomic E-state index is 12.8. The molecular formula is C20H24ClN3O3. The zero-order valence-electron chi connectivity index (χ0n) is 15.2. The number of hydrogen-bond acceptors (Lipinski definition) is 5. The summed E-state index contributed by atoms with van der Waals surface area (Å²) in [6, 6.07) is 5.49. The van der Waals surface area contributed by atoms with Crippen LogP contribution in [0.4, 0.5) is 11.4 Å². The van der Waals surface area contributed by atoms with Crippen molar-refractivity contribution in [2.75, 3.05) is 23.8 Å². The molecule has 2 N–H and O–H groups in total. The van der Waals surface area contributed by atoms with Crippen molar-refractivity contribution in [3.63, 3.8) is 0 Å². The molecule has 4 rings (SSSR count). The third-order valence-electron chi connectivity index (χ3n) is 5.34. The fourth-order valence-corrected chi connectivity index (χ4v) is 3.98. The Kier molecular flexibility index (Phi) is 5.64. The number of hydrogen-bond donors (Lipinski definition) is 2. The number of carbonyl (C=O) groups is 1. The summed E-state index contributed by atoms with van der Waals surface area (Å²) >= 11 is 6.16. The Balaban J connectivity index is 1.48. The number of aromatic nitrogens is 1. The van der Waals surface area contributed by atoms with Gasteiger partial charge in [-0.25, -0.2) is 0 Å². The van der Waals surface area contributed by atoms with Crippen LogP contribution in [0.15, 0.2) is 22.7 Å². The second kappa shape index (κ2) is 8.31. The number of fused-ring (bicyclic) bond motifs is 1. The number of nitrogens with zero attached hydrogens (tertiary/aromatic N) is 1. The lowest BCUT2D eigenvalue weighted by atomic mass is 9.89. The van der Waals surface area contributed by atoms with Gasteiger partial charge in [-0.15, -0.1) is 0 Å². The maximum absolute atomic E-state index is 12.8. The molecule has 1 amide bonds. The summed E-state index contributed by atoms with van der Waals surface area (Å²) in [5.74, 6) is 1.10. The Bertz CT molecular complexity index is 815. The molecule has 0 unspecified atom stereocenters. The van der Waals surface area contributed by atoms with Gasteiger partial charge < -0.3 is 19.9 Å². The summed E-state index contributed by atoms with van der Waals surface area (Å²) in [4.78, 5) is 12.8. The van der Waals surface area contributed by atoms with Crippen LogP contribution in [0, 0.1) is 5.92 Å². The van der Waals surface area contributed by atoms with Crippen LogP contribution in [-0.4, -0.2) is 24.2 Å². The van der Waals surface area contributed by atoms with Crippen molar-refractivity contribution in [2.45, 2.75) is 45.1 Å². The minimum atomic E-state index is -0.312. The summed E-state index contributed by atoms with van der Waals surface area (Å²) < 4.78 is 10.7.